The van der Waals surface area contributed by atoms with Crippen LogP contribution in [0.2, 0.25) is 0 Å². The number of anilines is 1. The molecule has 0 bridgehead atoms. The van der Waals surface area contributed by atoms with Crippen LogP contribution in [-0.2, 0) is 6.54 Å². The summed E-state index contributed by atoms with van der Waals surface area (Å²) in [7, 11) is 0. The number of carboxylic acid groups (broad SMARTS) is 1. The molecule has 0 saturated heterocycles. The maximum atomic E-state index is 10.7. The molecule has 0 saturated carbocycles. The molecule has 8 heteroatoms. The molecule has 2 aromatic rings. The van der Waals surface area contributed by atoms with E-state index in [1.165, 1.54) is 12.5 Å². The summed E-state index contributed by atoms with van der Waals surface area (Å²) >= 11 is 0. The van der Waals surface area contributed by atoms with Gasteiger partial charge in [0.25, 0.3) is 0 Å². The lowest BCUT2D eigenvalue weighted by molar-refractivity contribution is 0.0691. The number of aromatic carboxylic acids is 1. The molecular weight excluding hydrogens is 272 g/mol. The number of nitrogens with zero attached hydrogens (tertiary/aromatic N) is 5. The number of aryl methyl sites for hydroxylation is 1. The lowest BCUT2D eigenvalue weighted by Crippen LogP contribution is -2.13. The summed E-state index contributed by atoms with van der Waals surface area (Å²) in [5, 5.41) is 28.9. The smallest absolute Gasteiger partial charge is 0.356 e. The molecule has 0 spiro atoms. The second-order valence-corrected chi connectivity index (χ2v) is 4.47. The minimum absolute atomic E-state index is 0.00122. The molecule has 2 rings (SSSR count). The first kappa shape index (κ1) is 14.5. The maximum Gasteiger partial charge on any atom is 0.356 e. The average Bonchev–Trinajstić information content (AvgIpc) is 2.92. The average molecular weight is 286 g/mol. The molecule has 21 heavy (non-hydrogen) atoms. The second kappa shape index (κ2) is 6.00. The van der Waals surface area contributed by atoms with Gasteiger partial charge in [-0.05, 0) is 19.4 Å². The van der Waals surface area contributed by atoms with Crippen LogP contribution in [0.1, 0.15) is 27.3 Å². The molecule has 0 aromatic carbocycles. The summed E-state index contributed by atoms with van der Waals surface area (Å²) in [6.45, 7) is 4.59. The number of aromatic nitrogens is 4. The van der Waals surface area contributed by atoms with E-state index in [1.54, 1.807) is 11.5 Å². The van der Waals surface area contributed by atoms with E-state index in [0.29, 0.717) is 24.5 Å². The van der Waals surface area contributed by atoms with Crippen molar-refractivity contribution in [1.29, 1.82) is 5.26 Å². The molecule has 108 valence electrons. The molecule has 0 radical (unpaired) electrons. The zero-order valence-corrected chi connectivity index (χ0v) is 11.7. The predicted molar refractivity (Wildman–Crippen MR) is 73.9 cm³/mol. The van der Waals surface area contributed by atoms with E-state index in [1.807, 2.05) is 6.92 Å². The summed E-state index contributed by atoms with van der Waals surface area (Å²) in [4.78, 5) is 14.5. The molecular formula is C13H14N6O2. The van der Waals surface area contributed by atoms with Crippen molar-refractivity contribution in [2.45, 2.75) is 20.4 Å². The zero-order chi connectivity index (χ0) is 15.4. The zero-order valence-electron chi connectivity index (χ0n) is 11.7. The Labute approximate surface area is 121 Å². The van der Waals surface area contributed by atoms with Crippen LogP contribution in [-0.4, -0.2) is 37.4 Å². The van der Waals surface area contributed by atoms with E-state index < -0.39 is 5.97 Å². The molecule has 0 aliphatic rings. The highest BCUT2D eigenvalue weighted by Gasteiger charge is 2.10. The van der Waals surface area contributed by atoms with Gasteiger partial charge in [0.2, 0.25) is 0 Å². The van der Waals surface area contributed by atoms with Crippen LogP contribution in [0, 0.1) is 25.2 Å². The Balaban J connectivity index is 2.02. The van der Waals surface area contributed by atoms with E-state index in [9.17, 15) is 4.79 Å². The van der Waals surface area contributed by atoms with Crippen molar-refractivity contribution in [3.63, 3.8) is 0 Å². The normalized spacial score (nSPS) is 10.1. The molecule has 2 heterocycles. The van der Waals surface area contributed by atoms with Crippen LogP contribution in [0.3, 0.4) is 0 Å². The van der Waals surface area contributed by atoms with Crippen LogP contribution < -0.4 is 5.32 Å². The standard InChI is InChI=1S/C13H14N6O2/c1-8-9(2)17-18-12(10(8)5-14)15-3-4-19-6-11(13(20)21)16-7-19/h6-7H,3-4H2,1-2H3,(H,15,18)(H,20,21). The monoisotopic (exact) mass is 286 g/mol. The molecule has 0 aliphatic carbocycles. The first-order chi connectivity index (χ1) is 10.0. The van der Waals surface area contributed by atoms with Crippen LogP contribution in [0.5, 0.6) is 0 Å². The van der Waals surface area contributed by atoms with Crippen LogP contribution >= 0.6 is 0 Å². The van der Waals surface area contributed by atoms with Gasteiger partial charge in [-0.1, -0.05) is 0 Å². The fraction of sp³-hybridized carbons (Fsp3) is 0.308. The maximum absolute atomic E-state index is 10.7. The Morgan fingerprint density at radius 3 is 2.86 bits per heavy atom. The number of hydrogen-bond donors (Lipinski definition) is 2. The SMILES string of the molecule is Cc1nnc(NCCn2cnc(C(=O)O)c2)c(C#N)c1C. The first-order valence-electron chi connectivity index (χ1n) is 6.26. The van der Waals surface area contributed by atoms with E-state index in [-0.39, 0.29) is 5.69 Å². The number of rotatable bonds is 5. The largest absolute Gasteiger partial charge is 0.476 e. The van der Waals surface area contributed by atoms with Gasteiger partial charge in [-0.15, -0.1) is 5.10 Å². The van der Waals surface area contributed by atoms with Crippen molar-refractivity contribution in [2.24, 2.45) is 0 Å². The third kappa shape index (κ3) is 3.14. The molecule has 0 fully saturated rings. The van der Waals surface area contributed by atoms with Gasteiger partial charge in [0.05, 0.1) is 12.0 Å². The van der Waals surface area contributed by atoms with Gasteiger partial charge in [-0.25, -0.2) is 9.78 Å². The van der Waals surface area contributed by atoms with Crippen molar-refractivity contribution in [2.75, 3.05) is 11.9 Å². The minimum atomic E-state index is -1.06. The fourth-order valence-electron chi connectivity index (χ4n) is 1.77. The lowest BCUT2D eigenvalue weighted by atomic mass is 10.1. The number of nitriles is 1. The summed E-state index contributed by atoms with van der Waals surface area (Å²) in [6.07, 6.45) is 2.89. The predicted octanol–water partition coefficient (Wildman–Crippen LogP) is 0.972. The van der Waals surface area contributed by atoms with Gasteiger partial charge >= 0.3 is 5.97 Å². The number of carboxylic acids is 1. The summed E-state index contributed by atoms with van der Waals surface area (Å²) < 4.78 is 1.65. The molecule has 0 unspecified atom stereocenters. The molecule has 0 atom stereocenters. The van der Waals surface area contributed by atoms with E-state index in [0.717, 1.165) is 11.3 Å². The number of imidazole rings is 1. The van der Waals surface area contributed by atoms with Crippen LogP contribution in [0.25, 0.3) is 0 Å². The highest BCUT2D eigenvalue weighted by atomic mass is 16.4. The summed E-state index contributed by atoms with van der Waals surface area (Å²) in [5.74, 6) is -0.632. The van der Waals surface area contributed by atoms with Gasteiger partial charge in [0, 0.05) is 19.3 Å². The number of nitrogens with one attached hydrogen (secondary N) is 1. The highest BCUT2D eigenvalue weighted by Crippen LogP contribution is 2.16. The third-order valence-corrected chi connectivity index (χ3v) is 3.08. The first-order valence-corrected chi connectivity index (χ1v) is 6.26. The van der Waals surface area contributed by atoms with E-state index in [2.05, 4.69) is 26.6 Å². The van der Waals surface area contributed by atoms with Crippen molar-refractivity contribution >= 4 is 11.8 Å². The molecule has 0 amide bonds. The summed E-state index contributed by atoms with van der Waals surface area (Å²) in [6, 6.07) is 2.11. The van der Waals surface area contributed by atoms with Crippen molar-refractivity contribution < 1.29 is 9.90 Å². The van der Waals surface area contributed by atoms with Gasteiger partial charge in [-0.2, -0.15) is 10.4 Å². The van der Waals surface area contributed by atoms with Gasteiger partial charge in [0.15, 0.2) is 11.5 Å². The Morgan fingerprint density at radius 1 is 1.48 bits per heavy atom. The Kier molecular flexibility index (Phi) is 4.13. The second-order valence-electron chi connectivity index (χ2n) is 4.47. The minimum Gasteiger partial charge on any atom is -0.476 e. The number of hydrogen-bond acceptors (Lipinski definition) is 6. The van der Waals surface area contributed by atoms with Crippen molar-refractivity contribution in [3.8, 4) is 6.07 Å². The van der Waals surface area contributed by atoms with Crippen molar-refractivity contribution in [3.05, 3.63) is 35.0 Å². The van der Waals surface area contributed by atoms with Crippen LogP contribution in [0.15, 0.2) is 12.5 Å². The Bertz CT molecular complexity index is 716. The van der Waals surface area contributed by atoms with E-state index >= 15 is 0 Å². The Morgan fingerprint density at radius 2 is 2.24 bits per heavy atom. The third-order valence-electron chi connectivity index (χ3n) is 3.08. The number of carbonyl (C=O) groups is 1. The lowest BCUT2D eigenvalue weighted by Gasteiger charge is -2.09. The van der Waals surface area contributed by atoms with Gasteiger partial charge in [-0.3, -0.25) is 0 Å². The van der Waals surface area contributed by atoms with Gasteiger partial charge in [0.1, 0.15) is 11.6 Å². The highest BCUT2D eigenvalue weighted by molar-refractivity contribution is 5.84. The topological polar surface area (TPSA) is 117 Å². The molecule has 0 aliphatic heterocycles. The fourth-order valence-corrected chi connectivity index (χ4v) is 1.77. The van der Waals surface area contributed by atoms with Gasteiger partial charge < -0.3 is 15.0 Å². The molecule has 2 N–H and O–H groups in total. The van der Waals surface area contributed by atoms with E-state index in [4.69, 9.17) is 10.4 Å². The van der Waals surface area contributed by atoms with Crippen LogP contribution in [0.4, 0.5) is 5.82 Å². The molecule has 2 aromatic heterocycles. The van der Waals surface area contributed by atoms with Crippen molar-refractivity contribution in [1.82, 2.24) is 19.7 Å². The quantitative estimate of drug-likeness (QED) is 0.841. The summed E-state index contributed by atoms with van der Waals surface area (Å²) in [5.41, 5.74) is 1.99. The Hall–Kier alpha value is -2.95. The molecule has 8 nitrogen and oxygen atoms in total.